The van der Waals surface area contributed by atoms with E-state index in [-0.39, 0.29) is 5.54 Å². The van der Waals surface area contributed by atoms with Crippen LogP contribution >= 0.6 is 12.2 Å². The molecule has 2 N–H and O–H groups in total. The van der Waals surface area contributed by atoms with Crippen molar-refractivity contribution < 1.29 is 0 Å². The van der Waals surface area contributed by atoms with Gasteiger partial charge in [0.05, 0.1) is 5.56 Å². The van der Waals surface area contributed by atoms with Gasteiger partial charge in [0.15, 0.2) is 0 Å². The summed E-state index contributed by atoms with van der Waals surface area (Å²) in [5.74, 6) is 0.865. The average Bonchev–Trinajstić information content (AvgIpc) is 2.27. The molecule has 0 aliphatic rings. The van der Waals surface area contributed by atoms with E-state index in [1.807, 2.05) is 26.1 Å². The number of rotatable bonds is 4. The minimum absolute atomic E-state index is 0.0281. The Morgan fingerprint density at radius 1 is 1.47 bits per heavy atom. The molecule has 0 aliphatic carbocycles. The number of hydrogen-bond acceptors (Lipinski definition) is 3. The first-order valence-corrected chi connectivity index (χ1v) is 6.21. The van der Waals surface area contributed by atoms with E-state index in [4.69, 9.17) is 18.0 Å². The zero-order valence-electron chi connectivity index (χ0n) is 11.2. The van der Waals surface area contributed by atoms with Gasteiger partial charge in [-0.2, -0.15) is 0 Å². The van der Waals surface area contributed by atoms with E-state index in [1.54, 1.807) is 0 Å². The molecule has 0 bridgehead atoms. The summed E-state index contributed by atoms with van der Waals surface area (Å²) in [6.07, 6.45) is 1.02. The van der Waals surface area contributed by atoms with Crippen molar-refractivity contribution in [3.05, 3.63) is 23.4 Å². The summed E-state index contributed by atoms with van der Waals surface area (Å²) in [6.45, 7) is 8.49. The van der Waals surface area contributed by atoms with Crippen LogP contribution < -0.4 is 10.6 Å². The number of anilines is 1. The summed E-state index contributed by atoms with van der Waals surface area (Å²) in [4.78, 5) is 7.11. The molecule has 3 nitrogen and oxygen atoms in total. The first kappa shape index (κ1) is 13.9. The molecule has 94 valence electrons. The number of nitrogens with two attached hydrogens (primary N) is 1. The molecule has 1 aromatic heterocycles. The van der Waals surface area contributed by atoms with Gasteiger partial charge in [-0.1, -0.05) is 19.1 Å². The minimum Gasteiger partial charge on any atom is -0.389 e. The Morgan fingerprint density at radius 2 is 2.06 bits per heavy atom. The Labute approximate surface area is 109 Å². The van der Waals surface area contributed by atoms with Crippen LogP contribution in [0.3, 0.4) is 0 Å². The summed E-state index contributed by atoms with van der Waals surface area (Å²) in [5.41, 5.74) is 7.59. The second-order valence-corrected chi connectivity index (χ2v) is 5.35. The molecular weight excluding hydrogens is 230 g/mol. The molecule has 0 radical (unpaired) electrons. The lowest BCUT2D eigenvalue weighted by molar-refractivity contribution is 0.467. The van der Waals surface area contributed by atoms with Gasteiger partial charge in [0, 0.05) is 18.3 Å². The van der Waals surface area contributed by atoms with Gasteiger partial charge in [-0.25, -0.2) is 4.98 Å². The quantitative estimate of drug-likeness (QED) is 0.835. The number of hydrogen-bond donors (Lipinski definition) is 1. The van der Waals surface area contributed by atoms with Gasteiger partial charge in [0.1, 0.15) is 10.8 Å². The molecule has 1 rings (SSSR count). The third-order valence-corrected chi connectivity index (χ3v) is 3.59. The highest BCUT2D eigenvalue weighted by molar-refractivity contribution is 7.80. The normalized spacial score (nSPS) is 11.4. The molecule has 0 unspecified atom stereocenters. The Hall–Kier alpha value is -1.16. The summed E-state index contributed by atoms with van der Waals surface area (Å²) >= 11 is 5.08. The second kappa shape index (κ2) is 5.00. The molecule has 4 heteroatoms. The fourth-order valence-corrected chi connectivity index (χ4v) is 1.67. The van der Waals surface area contributed by atoms with Gasteiger partial charge in [-0.15, -0.1) is 0 Å². The number of nitrogens with zero attached hydrogens (tertiary/aromatic N) is 2. The molecule has 0 saturated heterocycles. The van der Waals surface area contributed by atoms with E-state index in [0.29, 0.717) is 4.99 Å². The van der Waals surface area contributed by atoms with Crippen molar-refractivity contribution in [2.24, 2.45) is 5.73 Å². The van der Waals surface area contributed by atoms with E-state index in [0.717, 1.165) is 23.5 Å². The number of aryl methyl sites for hydroxylation is 1. The molecule has 1 aromatic rings. The van der Waals surface area contributed by atoms with Gasteiger partial charge in [-0.05, 0) is 39.3 Å². The Bertz CT molecular complexity index is 427. The topological polar surface area (TPSA) is 42.2 Å². The fourth-order valence-electron chi connectivity index (χ4n) is 1.51. The fraction of sp³-hybridized carbons (Fsp3) is 0.538. The summed E-state index contributed by atoms with van der Waals surface area (Å²) in [7, 11) is 2.03. The van der Waals surface area contributed by atoms with Gasteiger partial charge >= 0.3 is 0 Å². The number of aromatic nitrogens is 1. The third-order valence-electron chi connectivity index (χ3n) is 3.37. The first-order chi connectivity index (χ1) is 7.79. The lowest BCUT2D eigenvalue weighted by Crippen LogP contribution is -2.42. The average molecular weight is 251 g/mol. The maximum atomic E-state index is 5.75. The van der Waals surface area contributed by atoms with Crippen molar-refractivity contribution in [2.75, 3.05) is 11.9 Å². The largest absolute Gasteiger partial charge is 0.389 e. The van der Waals surface area contributed by atoms with Gasteiger partial charge in [0.2, 0.25) is 0 Å². The van der Waals surface area contributed by atoms with Crippen LogP contribution in [0.1, 0.15) is 38.4 Å². The van der Waals surface area contributed by atoms with Crippen molar-refractivity contribution in [1.29, 1.82) is 0 Å². The van der Waals surface area contributed by atoms with Crippen LogP contribution in [0.15, 0.2) is 12.1 Å². The first-order valence-electron chi connectivity index (χ1n) is 5.81. The van der Waals surface area contributed by atoms with Crippen LogP contribution in [-0.2, 0) is 0 Å². The molecule has 0 aromatic carbocycles. The molecule has 0 amide bonds. The van der Waals surface area contributed by atoms with E-state index >= 15 is 0 Å². The molecular formula is C13H21N3S. The highest BCUT2D eigenvalue weighted by Crippen LogP contribution is 2.26. The van der Waals surface area contributed by atoms with E-state index < -0.39 is 0 Å². The standard InChI is InChI=1S/C13H21N3S/c1-6-13(3,4)16(5)12-10(11(14)17)8-7-9(2)15-12/h7-8H,6H2,1-5H3,(H2,14,17). The van der Waals surface area contributed by atoms with Crippen LogP contribution in [0.4, 0.5) is 5.82 Å². The van der Waals surface area contributed by atoms with E-state index in [1.165, 1.54) is 0 Å². The predicted molar refractivity (Wildman–Crippen MR) is 77.6 cm³/mol. The van der Waals surface area contributed by atoms with Crippen molar-refractivity contribution in [2.45, 2.75) is 39.7 Å². The Kier molecular flexibility index (Phi) is 4.09. The monoisotopic (exact) mass is 251 g/mol. The number of pyridine rings is 1. The van der Waals surface area contributed by atoms with Crippen LogP contribution in [0.2, 0.25) is 0 Å². The minimum atomic E-state index is 0.0281. The Morgan fingerprint density at radius 3 is 2.53 bits per heavy atom. The van der Waals surface area contributed by atoms with Crippen molar-refractivity contribution >= 4 is 23.0 Å². The second-order valence-electron chi connectivity index (χ2n) is 4.91. The number of thiocarbonyl (C=S) groups is 1. The van der Waals surface area contributed by atoms with Crippen molar-refractivity contribution in [3.8, 4) is 0 Å². The van der Waals surface area contributed by atoms with E-state index in [2.05, 4.69) is 30.7 Å². The van der Waals surface area contributed by atoms with Crippen molar-refractivity contribution in [1.82, 2.24) is 4.98 Å². The van der Waals surface area contributed by atoms with E-state index in [9.17, 15) is 0 Å². The zero-order valence-corrected chi connectivity index (χ0v) is 12.1. The van der Waals surface area contributed by atoms with Gasteiger partial charge in [0.25, 0.3) is 0 Å². The Balaban J connectivity index is 3.29. The summed E-state index contributed by atoms with van der Waals surface area (Å²) in [5, 5.41) is 0. The molecule has 0 saturated carbocycles. The molecule has 0 fully saturated rings. The molecule has 0 spiro atoms. The third kappa shape index (κ3) is 2.94. The van der Waals surface area contributed by atoms with Crippen LogP contribution in [-0.4, -0.2) is 22.6 Å². The predicted octanol–water partition coefficient (Wildman–Crippen LogP) is 2.65. The molecule has 17 heavy (non-hydrogen) atoms. The van der Waals surface area contributed by atoms with Crippen LogP contribution in [0.5, 0.6) is 0 Å². The highest BCUT2D eigenvalue weighted by atomic mass is 32.1. The SMILES string of the molecule is CCC(C)(C)N(C)c1nc(C)ccc1C(N)=S. The van der Waals surface area contributed by atoms with Crippen LogP contribution in [0, 0.1) is 6.92 Å². The molecule has 1 heterocycles. The van der Waals surface area contributed by atoms with Crippen molar-refractivity contribution in [3.63, 3.8) is 0 Å². The van der Waals surface area contributed by atoms with Crippen LogP contribution in [0.25, 0.3) is 0 Å². The van der Waals surface area contributed by atoms with Gasteiger partial charge < -0.3 is 10.6 Å². The summed E-state index contributed by atoms with van der Waals surface area (Å²) < 4.78 is 0. The highest BCUT2D eigenvalue weighted by Gasteiger charge is 2.25. The zero-order chi connectivity index (χ0) is 13.2. The van der Waals surface area contributed by atoms with Gasteiger partial charge in [-0.3, -0.25) is 0 Å². The molecule has 0 atom stereocenters. The lowest BCUT2D eigenvalue weighted by atomic mass is 9.99. The lowest BCUT2D eigenvalue weighted by Gasteiger charge is -2.37. The maximum absolute atomic E-state index is 5.75. The smallest absolute Gasteiger partial charge is 0.139 e. The molecule has 0 aliphatic heterocycles. The maximum Gasteiger partial charge on any atom is 0.139 e. The summed E-state index contributed by atoms with van der Waals surface area (Å²) in [6, 6.07) is 3.88.